The highest BCUT2D eigenvalue weighted by molar-refractivity contribution is 6.31. The fourth-order valence-corrected chi connectivity index (χ4v) is 4.08. The molecule has 0 N–H and O–H groups in total. The third-order valence-electron chi connectivity index (χ3n) is 5.48. The van der Waals surface area contributed by atoms with Gasteiger partial charge in [0.15, 0.2) is 12.4 Å². The number of para-hydroxylation sites is 1. The molecule has 4 aromatic carbocycles. The number of ether oxygens (including phenoxy) is 1. The van der Waals surface area contributed by atoms with Crippen LogP contribution in [-0.4, -0.2) is 23.3 Å². The number of carbonyl (C=O) groups is 2. The van der Waals surface area contributed by atoms with Crippen LogP contribution in [0.3, 0.4) is 0 Å². The zero-order chi connectivity index (χ0) is 22.8. The van der Waals surface area contributed by atoms with Crippen molar-refractivity contribution in [2.24, 2.45) is 0 Å². The van der Waals surface area contributed by atoms with Crippen LogP contribution in [0.1, 0.15) is 20.7 Å². The van der Waals surface area contributed by atoms with Crippen LogP contribution in [0.15, 0.2) is 97.1 Å². The van der Waals surface area contributed by atoms with Gasteiger partial charge in [0.25, 0.3) is 0 Å². The van der Waals surface area contributed by atoms with Crippen molar-refractivity contribution >= 4 is 45.0 Å². The quantitative estimate of drug-likeness (QED) is 0.219. The standard InChI is InChI=1S/C28H18ClNO3/c29-20-10-5-9-19(15-20)27(31)17-33-28(32)24-16-26(30-25-14-4-3-12-23(24)25)22-13-6-8-18-7-1-2-11-21(18)22/h1-16H,17H2. The molecule has 1 aromatic heterocycles. The maximum absolute atomic E-state index is 13.1. The highest BCUT2D eigenvalue weighted by atomic mass is 35.5. The number of nitrogens with zero attached hydrogens (tertiary/aromatic N) is 1. The van der Waals surface area contributed by atoms with Crippen molar-refractivity contribution in [3.05, 3.63) is 113 Å². The van der Waals surface area contributed by atoms with Crippen molar-refractivity contribution in [2.75, 3.05) is 6.61 Å². The number of aromatic nitrogens is 1. The first-order chi connectivity index (χ1) is 16.1. The molecule has 33 heavy (non-hydrogen) atoms. The molecule has 160 valence electrons. The van der Waals surface area contributed by atoms with Crippen molar-refractivity contribution in [1.82, 2.24) is 4.98 Å². The van der Waals surface area contributed by atoms with Crippen LogP contribution in [0.25, 0.3) is 32.9 Å². The zero-order valence-electron chi connectivity index (χ0n) is 17.5. The second kappa shape index (κ2) is 8.85. The Balaban J connectivity index is 1.52. The number of hydrogen-bond donors (Lipinski definition) is 0. The number of benzene rings is 4. The van der Waals surface area contributed by atoms with Crippen LogP contribution < -0.4 is 0 Å². The van der Waals surface area contributed by atoms with E-state index in [1.807, 2.05) is 66.7 Å². The Labute approximate surface area is 195 Å². The minimum atomic E-state index is -0.578. The lowest BCUT2D eigenvalue weighted by Gasteiger charge is -2.11. The van der Waals surface area contributed by atoms with Crippen LogP contribution in [-0.2, 0) is 4.74 Å². The molecule has 0 aliphatic heterocycles. The largest absolute Gasteiger partial charge is 0.454 e. The molecule has 0 bridgehead atoms. The second-order valence-electron chi connectivity index (χ2n) is 7.61. The van der Waals surface area contributed by atoms with Gasteiger partial charge in [0.05, 0.1) is 16.8 Å². The SMILES string of the molecule is O=C(COC(=O)c1cc(-c2cccc3ccccc23)nc2ccccc12)c1cccc(Cl)c1. The lowest BCUT2D eigenvalue weighted by atomic mass is 9.99. The van der Waals surface area contributed by atoms with Crippen molar-refractivity contribution in [2.45, 2.75) is 0 Å². The molecular formula is C28H18ClNO3. The van der Waals surface area contributed by atoms with E-state index in [0.29, 0.717) is 32.7 Å². The fraction of sp³-hybridized carbons (Fsp3) is 0.0357. The minimum Gasteiger partial charge on any atom is -0.454 e. The van der Waals surface area contributed by atoms with Crippen LogP contribution in [0.5, 0.6) is 0 Å². The summed E-state index contributed by atoms with van der Waals surface area (Å²) >= 11 is 5.96. The van der Waals surface area contributed by atoms with E-state index in [-0.39, 0.29) is 12.4 Å². The number of rotatable bonds is 5. The van der Waals surface area contributed by atoms with Crippen molar-refractivity contribution < 1.29 is 14.3 Å². The topological polar surface area (TPSA) is 56.3 Å². The van der Waals surface area contributed by atoms with Gasteiger partial charge in [0.1, 0.15) is 0 Å². The molecule has 0 spiro atoms. The molecule has 5 aromatic rings. The van der Waals surface area contributed by atoms with Crippen LogP contribution in [0, 0.1) is 0 Å². The molecule has 0 fully saturated rings. The van der Waals surface area contributed by atoms with E-state index >= 15 is 0 Å². The highest BCUT2D eigenvalue weighted by Crippen LogP contribution is 2.30. The first-order valence-corrected chi connectivity index (χ1v) is 10.8. The van der Waals surface area contributed by atoms with Gasteiger partial charge < -0.3 is 4.74 Å². The molecule has 0 saturated heterocycles. The van der Waals surface area contributed by atoms with E-state index in [9.17, 15) is 9.59 Å². The summed E-state index contributed by atoms with van der Waals surface area (Å²) in [6, 6.07) is 29.7. The lowest BCUT2D eigenvalue weighted by molar-refractivity contribution is 0.0476. The van der Waals surface area contributed by atoms with Gasteiger partial charge in [-0.15, -0.1) is 0 Å². The van der Waals surface area contributed by atoms with Gasteiger partial charge in [-0.1, -0.05) is 84.4 Å². The smallest absolute Gasteiger partial charge is 0.339 e. The zero-order valence-corrected chi connectivity index (χ0v) is 18.3. The Morgan fingerprint density at radius 1 is 0.788 bits per heavy atom. The number of carbonyl (C=O) groups excluding carboxylic acids is 2. The molecule has 0 saturated carbocycles. The third kappa shape index (κ3) is 4.21. The first kappa shape index (κ1) is 20.9. The first-order valence-electron chi connectivity index (χ1n) is 10.4. The van der Waals surface area contributed by atoms with Gasteiger partial charge in [-0.2, -0.15) is 0 Å². The maximum atomic E-state index is 13.1. The molecule has 1 heterocycles. The van der Waals surface area contributed by atoms with Gasteiger partial charge in [-0.05, 0) is 35.0 Å². The molecule has 0 atom stereocenters. The summed E-state index contributed by atoms with van der Waals surface area (Å²) in [6.07, 6.45) is 0. The van der Waals surface area contributed by atoms with Crippen LogP contribution in [0.2, 0.25) is 5.02 Å². The molecule has 4 nitrogen and oxygen atoms in total. The number of fused-ring (bicyclic) bond motifs is 2. The maximum Gasteiger partial charge on any atom is 0.339 e. The predicted molar refractivity (Wildman–Crippen MR) is 131 cm³/mol. The van der Waals surface area contributed by atoms with Crippen molar-refractivity contribution in [3.63, 3.8) is 0 Å². The normalized spacial score (nSPS) is 10.9. The molecule has 5 rings (SSSR count). The van der Waals surface area contributed by atoms with E-state index in [1.54, 1.807) is 30.3 Å². The molecule has 0 unspecified atom stereocenters. The summed E-state index contributed by atoms with van der Waals surface area (Å²) in [4.78, 5) is 30.4. The van der Waals surface area contributed by atoms with Gasteiger partial charge in [-0.25, -0.2) is 9.78 Å². The molecule has 0 aliphatic rings. The highest BCUT2D eigenvalue weighted by Gasteiger charge is 2.18. The summed E-state index contributed by atoms with van der Waals surface area (Å²) in [6.45, 7) is -0.376. The van der Waals surface area contributed by atoms with E-state index in [4.69, 9.17) is 21.3 Å². The van der Waals surface area contributed by atoms with Gasteiger partial charge in [0.2, 0.25) is 0 Å². The summed E-state index contributed by atoms with van der Waals surface area (Å²) in [5.41, 5.74) is 3.02. The predicted octanol–water partition coefficient (Wildman–Crippen LogP) is 6.75. The Bertz CT molecular complexity index is 1520. The molecule has 0 radical (unpaired) electrons. The monoisotopic (exact) mass is 451 g/mol. The van der Waals surface area contributed by atoms with E-state index in [0.717, 1.165) is 16.3 Å². The van der Waals surface area contributed by atoms with E-state index in [1.165, 1.54) is 0 Å². The second-order valence-corrected chi connectivity index (χ2v) is 8.05. The summed E-state index contributed by atoms with van der Waals surface area (Å²) < 4.78 is 5.41. The molecular weight excluding hydrogens is 434 g/mol. The van der Waals surface area contributed by atoms with Crippen molar-refractivity contribution in [3.8, 4) is 11.3 Å². The molecule has 5 heteroatoms. The number of halogens is 1. The van der Waals surface area contributed by atoms with Crippen molar-refractivity contribution in [1.29, 1.82) is 0 Å². The minimum absolute atomic E-state index is 0.321. The van der Waals surface area contributed by atoms with Crippen LogP contribution in [0.4, 0.5) is 0 Å². The molecule has 0 amide bonds. The number of ketones is 1. The van der Waals surface area contributed by atoms with E-state index < -0.39 is 5.97 Å². The van der Waals surface area contributed by atoms with Gasteiger partial charge in [0, 0.05) is 21.5 Å². The number of esters is 1. The average molecular weight is 452 g/mol. The number of pyridine rings is 1. The summed E-state index contributed by atoms with van der Waals surface area (Å²) in [5, 5.41) is 3.24. The Morgan fingerprint density at radius 2 is 1.52 bits per heavy atom. The summed E-state index contributed by atoms with van der Waals surface area (Å²) in [7, 11) is 0. The number of Topliss-reactive ketones (excluding diaryl/α,β-unsaturated/α-hetero) is 1. The Kier molecular flexibility index (Phi) is 5.59. The fourth-order valence-electron chi connectivity index (χ4n) is 3.89. The molecule has 0 aliphatic carbocycles. The summed E-state index contributed by atoms with van der Waals surface area (Å²) in [5.74, 6) is -0.899. The van der Waals surface area contributed by atoms with Crippen LogP contribution >= 0.6 is 11.6 Å². The average Bonchev–Trinajstić information content (AvgIpc) is 2.86. The van der Waals surface area contributed by atoms with E-state index in [2.05, 4.69) is 0 Å². The lowest BCUT2D eigenvalue weighted by Crippen LogP contribution is -2.15. The Hall–Kier alpha value is -4.02. The van der Waals surface area contributed by atoms with Gasteiger partial charge in [-0.3, -0.25) is 4.79 Å². The third-order valence-corrected chi connectivity index (χ3v) is 5.72. The van der Waals surface area contributed by atoms with Gasteiger partial charge >= 0.3 is 5.97 Å². The number of hydrogen-bond acceptors (Lipinski definition) is 4. The Morgan fingerprint density at radius 3 is 2.36 bits per heavy atom.